The van der Waals surface area contributed by atoms with Crippen molar-refractivity contribution in [1.82, 2.24) is 9.80 Å². The highest BCUT2D eigenvalue weighted by Crippen LogP contribution is 2.20. The molecule has 1 aliphatic rings. The third-order valence-electron chi connectivity index (χ3n) is 3.79. The van der Waals surface area contributed by atoms with E-state index in [9.17, 15) is 4.39 Å². The highest BCUT2D eigenvalue weighted by molar-refractivity contribution is 5.46. The van der Waals surface area contributed by atoms with E-state index in [1.807, 2.05) is 0 Å². The lowest BCUT2D eigenvalue weighted by atomic mass is 10.0. The predicted molar refractivity (Wildman–Crippen MR) is 72.8 cm³/mol. The molecule has 0 radical (unpaired) electrons. The second-order valence-corrected chi connectivity index (χ2v) is 5.31. The molecule has 0 unspecified atom stereocenters. The lowest BCUT2D eigenvalue weighted by molar-refractivity contribution is 0.140. The van der Waals surface area contributed by atoms with Gasteiger partial charge >= 0.3 is 0 Å². The standard InChI is InChI=1S/C14H22FN3/c1-17(2)13-5-7-18(8-6-13)10-11-3-4-12(15)9-14(11)16/h3-4,9,13H,5-8,10,16H2,1-2H3. The van der Waals surface area contributed by atoms with Crippen LogP contribution in [0, 0.1) is 5.82 Å². The van der Waals surface area contributed by atoms with Gasteiger partial charge in [-0.15, -0.1) is 0 Å². The van der Waals surface area contributed by atoms with Crippen molar-refractivity contribution in [2.24, 2.45) is 0 Å². The first kappa shape index (κ1) is 13.3. The predicted octanol–water partition coefficient (Wildman–Crippen LogP) is 1.93. The van der Waals surface area contributed by atoms with Crippen molar-refractivity contribution in [3.63, 3.8) is 0 Å². The van der Waals surface area contributed by atoms with E-state index in [1.54, 1.807) is 6.07 Å². The summed E-state index contributed by atoms with van der Waals surface area (Å²) < 4.78 is 13.0. The van der Waals surface area contributed by atoms with Crippen LogP contribution < -0.4 is 5.73 Å². The van der Waals surface area contributed by atoms with Gasteiger partial charge in [-0.05, 0) is 57.7 Å². The molecule has 0 saturated carbocycles. The minimum absolute atomic E-state index is 0.262. The maximum atomic E-state index is 13.0. The fraction of sp³-hybridized carbons (Fsp3) is 0.571. The van der Waals surface area contributed by atoms with Gasteiger partial charge in [-0.1, -0.05) is 6.07 Å². The Balaban J connectivity index is 1.91. The highest BCUT2D eigenvalue weighted by Gasteiger charge is 2.20. The van der Waals surface area contributed by atoms with Crippen molar-refractivity contribution in [3.05, 3.63) is 29.6 Å². The SMILES string of the molecule is CN(C)C1CCN(Cc2ccc(F)cc2N)CC1. The van der Waals surface area contributed by atoms with Gasteiger partial charge in [-0.3, -0.25) is 4.90 Å². The number of anilines is 1. The second kappa shape index (κ2) is 5.67. The Morgan fingerprint density at radius 2 is 2.00 bits per heavy atom. The maximum absolute atomic E-state index is 13.0. The van der Waals surface area contributed by atoms with E-state index >= 15 is 0 Å². The topological polar surface area (TPSA) is 32.5 Å². The van der Waals surface area contributed by atoms with Crippen molar-refractivity contribution in [2.45, 2.75) is 25.4 Å². The fourth-order valence-electron chi connectivity index (χ4n) is 2.54. The van der Waals surface area contributed by atoms with Crippen LogP contribution in [0.1, 0.15) is 18.4 Å². The van der Waals surface area contributed by atoms with Crippen LogP contribution in [0.2, 0.25) is 0 Å². The van der Waals surface area contributed by atoms with Gasteiger partial charge < -0.3 is 10.6 Å². The lowest BCUT2D eigenvalue weighted by Crippen LogP contribution is -2.41. The maximum Gasteiger partial charge on any atom is 0.125 e. The number of benzene rings is 1. The number of nitrogen functional groups attached to an aromatic ring is 1. The summed E-state index contributed by atoms with van der Waals surface area (Å²) in [5.74, 6) is -0.262. The first-order chi connectivity index (χ1) is 8.56. The van der Waals surface area contributed by atoms with E-state index in [1.165, 1.54) is 25.0 Å². The van der Waals surface area contributed by atoms with E-state index in [0.717, 1.165) is 25.2 Å². The number of hydrogen-bond acceptors (Lipinski definition) is 3. The summed E-state index contributed by atoms with van der Waals surface area (Å²) in [7, 11) is 4.27. The van der Waals surface area contributed by atoms with E-state index in [4.69, 9.17) is 5.73 Å². The van der Waals surface area contributed by atoms with Crippen molar-refractivity contribution in [3.8, 4) is 0 Å². The average Bonchev–Trinajstić information content (AvgIpc) is 2.33. The Bertz CT molecular complexity index is 398. The number of nitrogens with zero attached hydrogens (tertiary/aromatic N) is 2. The molecule has 2 rings (SSSR count). The van der Waals surface area contributed by atoms with E-state index in [2.05, 4.69) is 23.9 Å². The number of hydrogen-bond donors (Lipinski definition) is 1. The number of halogens is 1. The quantitative estimate of drug-likeness (QED) is 0.833. The lowest BCUT2D eigenvalue weighted by Gasteiger charge is -2.35. The summed E-state index contributed by atoms with van der Waals surface area (Å²) in [6.07, 6.45) is 2.38. The summed E-state index contributed by atoms with van der Waals surface area (Å²) in [5.41, 5.74) is 7.43. The second-order valence-electron chi connectivity index (χ2n) is 5.31. The van der Waals surface area contributed by atoms with Gasteiger partial charge in [0.15, 0.2) is 0 Å². The molecule has 0 aliphatic carbocycles. The molecule has 1 saturated heterocycles. The molecule has 1 heterocycles. The number of likely N-dealkylation sites (tertiary alicyclic amines) is 1. The Hall–Kier alpha value is -1.13. The van der Waals surface area contributed by atoms with E-state index in [0.29, 0.717) is 11.7 Å². The van der Waals surface area contributed by atoms with Gasteiger partial charge in [0, 0.05) is 18.3 Å². The Labute approximate surface area is 108 Å². The Morgan fingerprint density at radius 1 is 1.33 bits per heavy atom. The van der Waals surface area contributed by atoms with Crippen molar-refractivity contribution in [2.75, 3.05) is 32.9 Å². The molecule has 2 N–H and O–H groups in total. The van der Waals surface area contributed by atoms with Crippen LogP contribution in [0.25, 0.3) is 0 Å². The Morgan fingerprint density at radius 3 is 2.56 bits per heavy atom. The molecule has 0 aromatic heterocycles. The summed E-state index contributed by atoms with van der Waals surface area (Å²) >= 11 is 0. The average molecular weight is 251 g/mol. The molecule has 1 aliphatic heterocycles. The molecule has 18 heavy (non-hydrogen) atoms. The summed E-state index contributed by atoms with van der Waals surface area (Å²) in [5, 5.41) is 0. The largest absolute Gasteiger partial charge is 0.398 e. The first-order valence-corrected chi connectivity index (χ1v) is 6.49. The van der Waals surface area contributed by atoms with Crippen molar-refractivity contribution in [1.29, 1.82) is 0 Å². The molecular formula is C14H22FN3. The van der Waals surface area contributed by atoms with Crippen molar-refractivity contribution < 1.29 is 4.39 Å². The molecule has 100 valence electrons. The minimum Gasteiger partial charge on any atom is -0.398 e. The van der Waals surface area contributed by atoms with Gasteiger partial charge in [0.25, 0.3) is 0 Å². The first-order valence-electron chi connectivity index (χ1n) is 6.49. The zero-order chi connectivity index (χ0) is 13.1. The van der Waals surface area contributed by atoms with Gasteiger partial charge in [-0.2, -0.15) is 0 Å². The summed E-state index contributed by atoms with van der Waals surface area (Å²) in [6.45, 7) is 2.99. The van der Waals surface area contributed by atoms with Crippen LogP contribution in [0.3, 0.4) is 0 Å². The molecule has 3 nitrogen and oxygen atoms in total. The Kier molecular flexibility index (Phi) is 4.19. The molecule has 1 aromatic rings. The van der Waals surface area contributed by atoms with Crippen LogP contribution >= 0.6 is 0 Å². The smallest absolute Gasteiger partial charge is 0.125 e. The summed E-state index contributed by atoms with van der Waals surface area (Å²) in [4.78, 5) is 4.69. The number of nitrogens with two attached hydrogens (primary N) is 1. The highest BCUT2D eigenvalue weighted by atomic mass is 19.1. The molecule has 1 aromatic carbocycles. The minimum atomic E-state index is -0.262. The third-order valence-corrected chi connectivity index (χ3v) is 3.79. The molecule has 1 fully saturated rings. The van der Waals surface area contributed by atoms with Gasteiger partial charge in [0.2, 0.25) is 0 Å². The molecular weight excluding hydrogens is 229 g/mol. The van der Waals surface area contributed by atoms with E-state index < -0.39 is 0 Å². The fourth-order valence-corrected chi connectivity index (χ4v) is 2.54. The summed E-state index contributed by atoms with van der Waals surface area (Å²) in [6, 6.07) is 5.37. The molecule has 0 spiro atoms. The van der Waals surface area contributed by atoms with Gasteiger partial charge in [0.05, 0.1) is 0 Å². The molecule has 0 atom stereocenters. The normalized spacial score (nSPS) is 18.4. The molecule has 0 amide bonds. The van der Waals surface area contributed by atoms with Crippen LogP contribution in [0.5, 0.6) is 0 Å². The molecule has 4 heteroatoms. The zero-order valence-corrected chi connectivity index (χ0v) is 11.2. The monoisotopic (exact) mass is 251 g/mol. The van der Waals surface area contributed by atoms with Gasteiger partial charge in [-0.25, -0.2) is 4.39 Å². The van der Waals surface area contributed by atoms with Crippen LogP contribution in [0.4, 0.5) is 10.1 Å². The number of rotatable bonds is 3. The van der Waals surface area contributed by atoms with Crippen LogP contribution in [-0.4, -0.2) is 43.0 Å². The van der Waals surface area contributed by atoms with E-state index in [-0.39, 0.29) is 5.82 Å². The molecule has 0 bridgehead atoms. The van der Waals surface area contributed by atoms with Gasteiger partial charge in [0.1, 0.15) is 5.82 Å². The zero-order valence-electron chi connectivity index (χ0n) is 11.2. The van der Waals surface area contributed by atoms with Crippen LogP contribution in [0.15, 0.2) is 18.2 Å². The number of piperidine rings is 1. The van der Waals surface area contributed by atoms with Crippen molar-refractivity contribution >= 4 is 5.69 Å². The van der Waals surface area contributed by atoms with Crippen LogP contribution in [-0.2, 0) is 6.54 Å². The third kappa shape index (κ3) is 3.21.